The Kier molecular flexibility index (Phi) is 5.56. The van der Waals surface area contributed by atoms with Crippen LogP contribution in [0.3, 0.4) is 0 Å². The third kappa shape index (κ3) is 3.22. The predicted molar refractivity (Wildman–Crippen MR) is 74.4 cm³/mol. The molecule has 90 valence electrons. The van der Waals surface area contributed by atoms with Crippen molar-refractivity contribution in [2.75, 3.05) is 6.61 Å². The molecule has 18 heavy (non-hydrogen) atoms. The zero-order valence-electron chi connectivity index (χ0n) is 9.17. The molecule has 0 fully saturated rings. The summed E-state index contributed by atoms with van der Waals surface area (Å²) in [5.74, 6) is 0. The van der Waals surface area contributed by atoms with E-state index in [0.29, 0.717) is 5.39 Å². The zero-order chi connectivity index (χ0) is 12.3. The van der Waals surface area contributed by atoms with Crippen molar-refractivity contribution >= 4 is 50.4 Å². The molecule has 0 heterocycles. The SMILES string of the molecule is C=CCOS(=O)(=O)c1cccc2ccccc12.[NaH]. The van der Waals surface area contributed by atoms with Gasteiger partial charge >= 0.3 is 29.6 Å². The first kappa shape index (κ1) is 15.4. The molecule has 0 amide bonds. The molecule has 0 aliphatic carbocycles. The molecule has 0 aliphatic heterocycles. The summed E-state index contributed by atoms with van der Waals surface area (Å²) in [5.41, 5.74) is 0. The van der Waals surface area contributed by atoms with E-state index < -0.39 is 10.1 Å². The molecule has 0 atom stereocenters. The summed E-state index contributed by atoms with van der Waals surface area (Å²) < 4.78 is 28.7. The van der Waals surface area contributed by atoms with E-state index in [1.807, 2.05) is 18.2 Å². The van der Waals surface area contributed by atoms with E-state index in [9.17, 15) is 8.42 Å². The summed E-state index contributed by atoms with van der Waals surface area (Å²) in [6.45, 7) is 3.41. The number of rotatable bonds is 4. The fourth-order valence-corrected chi connectivity index (χ4v) is 2.72. The summed E-state index contributed by atoms with van der Waals surface area (Å²) in [6, 6.07) is 12.4. The maximum absolute atomic E-state index is 11.9. The average molecular weight is 272 g/mol. The molecule has 2 aromatic carbocycles. The van der Waals surface area contributed by atoms with Crippen LogP contribution in [0.15, 0.2) is 60.0 Å². The van der Waals surface area contributed by atoms with Gasteiger partial charge in [0.25, 0.3) is 10.1 Å². The molecule has 0 saturated heterocycles. The van der Waals surface area contributed by atoms with Gasteiger partial charge in [0.05, 0.1) is 6.61 Å². The first-order chi connectivity index (χ1) is 8.15. The molecule has 0 bridgehead atoms. The van der Waals surface area contributed by atoms with Crippen LogP contribution in [-0.4, -0.2) is 44.6 Å². The summed E-state index contributed by atoms with van der Waals surface area (Å²) in [6.07, 6.45) is 1.41. The van der Waals surface area contributed by atoms with Crippen molar-refractivity contribution in [3.05, 3.63) is 55.1 Å². The number of hydrogen-bond donors (Lipinski definition) is 0. The summed E-state index contributed by atoms with van der Waals surface area (Å²) in [7, 11) is -3.72. The number of benzene rings is 2. The van der Waals surface area contributed by atoms with Crippen molar-refractivity contribution in [2.24, 2.45) is 0 Å². The first-order valence-corrected chi connectivity index (χ1v) is 6.54. The fraction of sp³-hybridized carbons (Fsp3) is 0.0769. The Morgan fingerprint density at radius 3 is 2.50 bits per heavy atom. The van der Waals surface area contributed by atoms with Crippen molar-refractivity contribution in [2.45, 2.75) is 4.90 Å². The van der Waals surface area contributed by atoms with Gasteiger partial charge < -0.3 is 0 Å². The second-order valence-electron chi connectivity index (χ2n) is 3.50. The molecule has 0 unspecified atom stereocenters. The van der Waals surface area contributed by atoms with Crippen molar-refractivity contribution in [1.82, 2.24) is 0 Å². The Morgan fingerprint density at radius 2 is 1.78 bits per heavy atom. The van der Waals surface area contributed by atoms with Crippen LogP contribution in [0.1, 0.15) is 0 Å². The van der Waals surface area contributed by atoms with E-state index >= 15 is 0 Å². The summed E-state index contributed by atoms with van der Waals surface area (Å²) >= 11 is 0. The second kappa shape index (κ2) is 6.50. The third-order valence-electron chi connectivity index (χ3n) is 2.36. The standard InChI is InChI=1S/C13H12O3S.Na.H/c1-2-10-16-17(14,15)13-9-5-7-11-6-3-4-8-12(11)13;;/h2-9H,1,10H2;;. The number of fused-ring (bicyclic) bond motifs is 1. The van der Waals surface area contributed by atoms with Crippen LogP contribution in [0.2, 0.25) is 0 Å². The molecule has 0 N–H and O–H groups in total. The van der Waals surface area contributed by atoms with Gasteiger partial charge in [0.1, 0.15) is 4.90 Å². The Bertz CT molecular complexity index is 645. The Balaban J connectivity index is 0.00000162. The zero-order valence-corrected chi connectivity index (χ0v) is 9.98. The molecule has 5 heteroatoms. The first-order valence-electron chi connectivity index (χ1n) is 5.13. The van der Waals surface area contributed by atoms with Crippen LogP contribution in [0.25, 0.3) is 10.8 Å². The van der Waals surface area contributed by atoms with Crippen LogP contribution in [0.5, 0.6) is 0 Å². The van der Waals surface area contributed by atoms with Crippen LogP contribution in [0, 0.1) is 0 Å². The average Bonchev–Trinajstić information content (AvgIpc) is 2.36. The molecule has 2 rings (SSSR count). The quantitative estimate of drug-likeness (QED) is 0.486. The molecule has 0 radical (unpaired) electrons. The van der Waals surface area contributed by atoms with Crippen molar-refractivity contribution in [3.63, 3.8) is 0 Å². The molecule has 0 aromatic heterocycles. The Morgan fingerprint density at radius 1 is 1.11 bits per heavy atom. The van der Waals surface area contributed by atoms with Gasteiger partial charge in [-0.2, -0.15) is 8.42 Å². The van der Waals surface area contributed by atoms with E-state index in [1.165, 1.54) is 6.08 Å². The van der Waals surface area contributed by atoms with Crippen LogP contribution in [0.4, 0.5) is 0 Å². The van der Waals surface area contributed by atoms with Gasteiger partial charge in [-0.15, -0.1) is 6.58 Å². The van der Waals surface area contributed by atoms with E-state index in [0.717, 1.165) is 5.39 Å². The van der Waals surface area contributed by atoms with Gasteiger partial charge in [-0.3, -0.25) is 4.18 Å². The van der Waals surface area contributed by atoms with Crippen LogP contribution >= 0.6 is 0 Å². The minimum atomic E-state index is -3.72. The molecule has 0 saturated carbocycles. The summed E-state index contributed by atoms with van der Waals surface area (Å²) in [4.78, 5) is 0.192. The molecule has 2 aromatic rings. The maximum atomic E-state index is 11.9. The monoisotopic (exact) mass is 272 g/mol. The molecular weight excluding hydrogens is 259 g/mol. The van der Waals surface area contributed by atoms with Crippen LogP contribution < -0.4 is 0 Å². The Hall–Kier alpha value is -0.650. The van der Waals surface area contributed by atoms with E-state index in [4.69, 9.17) is 4.18 Å². The molecule has 0 spiro atoms. The molecular formula is C13H13NaO3S. The van der Waals surface area contributed by atoms with Crippen LogP contribution in [-0.2, 0) is 14.3 Å². The van der Waals surface area contributed by atoms with Crippen molar-refractivity contribution in [1.29, 1.82) is 0 Å². The predicted octanol–water partition coefficient (Wildman–Crippen LogP) is 2.08. The molecule has 0 aliphatic rings. The normalized spacial score (nSPS) is 10.9. The van der Waals surface area contributed by atoms with Gasteiger partial charge in [0.15, 0.2) is 0 Å². The topological polar surface area (TPSA) is 43.4 Å². The van der Waals surface area contributed by atoms with Crippen molar-refractivity contribution < 1.29 is 12.6 Å². The van der Waals surface area contributed by atoms with E-state index in [2.05, 4.69) is 6.58 Å². The van der Waals surface area contributed by atoms with Crippen molar-refractivity contribution in [3.8, 4) is 0 Å². The van der Waals surface area contributed by atoms with Gasteiger partial charge in [0.2, 0.25) is 0 Å². The second-order valence-corrected chi connectivity index (χ2v) is 5.09. The summed E-state index contributed by atoms with van der Waals surface area (Å²) in [5, 5.41) is 1.54. The number of hydrogen-bond acceptors (Lipinski definition) is 3. The van der Waals surface area contributed by atoms with E-state index in [1.54, 1.807) is 24.3 Å². The third-order valence-corrected chi connectivity index (χ3v) is 3.70. The van der Waals surface area contributed by atoms with Gasteiger partial charge in [-0.1, -0.05) is 42.5 Å². The Labute approximate surface area is 129 Å². The molecule has 3 nitrogen and oxygen atoms in total. The fourth-order valence-electron chi connectivity index (χ4n) is 1.61. The van der Waals surface area contributed by atoms with Gasteiger partial charge in [0, 0.05) is 5.39 Å². The van der Waals surface area contributed by atoms with Gasteiger partial charge in [-0.25, -0.2) is 0 Å². The minimum absolute atomic E-state index is 0. The van der Waals surface area contributed by atoms with Gasteiger partial charge in [-0.05, 0) is 11.5 Å². The van der Waals surface area contributed by atoms with E-state index in [-0.39, 0.29) is 41.1 Å².